The number of nitrogens with zero attached hydrogens (tertiary/aromatic N) is 3. The van der Waals surface area contributed by atoms with E-state index in [1.165, 1.54) is 0 Å². The van der Waals surface area contributed by atoms with Crippen molar-refractivity contribution >= 4 is 5.82 Å². The minimum Gasteiger partial charge on any atom is -0.355 e. The lowest BCUT2D eigenvalue weighted by Gasteiger charge is -2.34. The van der Waals surface area contributed by atoms with Gasteiger partial charge in [-0.1, -0.05) is 0 Å². The first-order valence-corrected chi connectivity index (χ1v) is 7.26. The van der Waals surface area contributed by atoms with Crippen LogP contribution >= 0.6 is 0 Å². The summed E-state index contributed by atoms with van der Waals surface area (Å²) in [4.78, 5) is 9.69. The number of hydrogen-bond acceptors (Lipinski definition) is 4. The SMILES string of the molecule is Cc1ncc(C(F)(F)F)nc1N1CCC2(CCNCC2)C1. The van der Waals surface area contributed by atoms with Crippen LogP contribution in [0.1, 0.15) is 30.7 Å². The van der Waals surface area contributed by atoms with Crippen LogP contribution in [0, 0.1) is 12.3 Å². The van der Waals surface area contributed by atoms with Crippen LogP contribution in [-0.2, 0) is 6.18 Å². The molecule has 3 heterocycles. The van der Waals surface area contributed by atoms with Crippen LogP contribution in [0.15, 0.2) is 6.20 Å². The molecule has 1 aromatic rings. The molecule has 0 saturated carbocycles. The molecule has 0 unspecified atom stereocenters. The number of halogens is 3. The third kappa shape index (κ3) is 2.84. The summed E-state index contributed by atoms with van der Waals surface area (Å²) in [6.07, 6.45) is -0.452. The maximum Gasteiger partial charge on any atom is 0.434 e. The second kappa shape index (κ2) is 5.12. The van der Waals surface area contributed by atoms with Crippen molar-refractivity contribution in [3.63, 3.8) is 0 Å². The lowest BCUT2D eigenvalue weighted by Crippen LogP contribution is -2.39. The molecule has 21 heavy (non-hydrogen) atoms. The highest BCUT2D eigenvalue weighted by molar-refractivity contribution is 5.45. The summed E-state index contributed by atoms with van der Waals surface area (Å²) in [6, 6.07) is 0. The molecule has 0 bridgehead atoms. The standard InChI is InChI=1S/C14H19F3N4/c1-10-12(20-11(8-19-10)14(15,16)17)21-7-4-13(9-21)2-5-18-6-3-13/h8,18H,2-7,9H2,1H3. The largest absolute Gasteiger partial charge is 0.434 e. The van der Waals surface area contributed by atoms with Crippen LogP contribution < -0.4 is 10.2 Å². The van der Waals surface area contributed by atoms with Crippen molar-refractivity contribution in [2.75, 3.05) is 31.1 Å². The van der Waals surface area contributed by atoms with Crippen molar-refractivity contribution < 1.29 is 13.2 Å². The zero-order chi connectivity index (χ0) is 15.1. The molecule has 0 aromatic carbocycles. The molecular formula is C14H19F3N4. The van der Waals surface area contributed by atoms with E-state index in [0.29, 0.717) is 11.5 Å². The fraction of sp³-hybridized carbons (Fsp3) is 0.714. The number of nitrogens with one attached hydrogen (secondary N) is 1. The third-order valence-corrected chi connectivity index (χ3v) is 4.62. The number of alkyl halides is 3. The van der Waals surface area contributed by atoms with Gasteiger partial charge in [0.05, 0.1) is 11.9 Å². The van der Waals surface area contributed by atoms with Crippen LogP contribution in [0.25, 0.3) is 0 Å². The molecule has 2 fully saturated rings. The van der Waals surface area contributed by atoms with Gasteiger partial charge in [0.25, 0.3) is 0 Å². The van der Waals surface area contributed by atoms with Crippen LogP contribution in [0.3, 0.4) is 0 Å². The Balaban J connectivity index is 1.84. The summed E-state index contributed by atoms with van der Waals surface area (Å²) in [6.45, 7) is 5.24. The lowest BCUT2D eigenvalue weighted by molar-refractivity contribution is -0.141. The van der Waals surface area contributed by atoms with Crippen molar-refractivity contribution in [1.82, 2.24) is 15.3 Å². The van der Waals surface area contributed by atoms with Crippen molar-refractivity contribution in [3.05, 3.63) is 17.6 Å². The van der Waals surface area contributed by atoms with Gasteiger partial charge in [0, 0.05) is 13.1 Å². The first kappa shape index (κ1) is 14.6. The van der Waals surface area contributed by atoms with Crippen LogP contribution in [-0.4, -0.2) is 36.1 Å². The summed E-state index contributed by atoms with van der Waals surface area (Å²) < 4.78 is 38.4. The zero-order valence-electron chi connectivity index (χ0n) is 12.0. The van der Waals surface area contributed by atoms with Crippen LogP contribution in [0.4, 0.5) is 19.0 Å². The van der Waals surface area contributed by atoms with Crippen molar-refractivity contribution in [3.8, 4) is 0 Å². The number of piperidine rings is 1. The van der Waals surface area contributed by atoms with E-state index < -0.39 is 11.9 Å². The van der Waals surface area contributed by atoms with Gasteiger partial charge < -0.3 is 10.2 Å². The molecule has 0 radical (unpaired) electrons. The second-order valence-corrected chi connectivity index (χ2v) is 6.08. The maximum atomic E-state index is 12.8. The highest BCUT2D eigenvalue weighted by Crippen LogP contribution is 2.40. The molecule has 1 N–H and O–H groups in total. The van der Waals surface area contributed by atoms with Gasteiger partial charge in [-0.2, -0.15) is 13.2 Å². The molecule has 116 valence electrons. The quantitative estimate of drug-likeness (QED) is 0.864. The summed E-state index contributed by atoms with van der Waals surface area (Å²) in [5.41, 5.74) is -0.114. The smallest absolute Gasteiger partial charge is 0.355 e. The molecule has 2 aliphatic rings. The second-order valence-electron chi connectivity index (χ2n) is 6.08. The molecule has 7 heteroatoms. The highest BCUT2D eigenvalue weighted by Gasteiger charge is 2.40. The molecule has 0 atom stereocenters. The predicted octanol–water partition coefficient (Wildman–Crippen LogP) is 2.38. The van der Waals surface area contributed by atoms with Crippen LogP contribution in [0.5, 0.6) is 0 Å². The van der Waals surface area contributed by atoms with Gasteiger partial charge in [0.1, 0.15) is 0 Å². The normalized spacial score (nSPS) is 22.0. The van der Waals surface area contributed by atoms with Gasteiger partial charge in [0.15, 0.2) is 11.5 Å². The van der Waals surface area contributed by atoms with E-state index in [9.17, 15) is 13.2 Å². The molecule has 1 spiro atoms. The fourth-order valence-electron chi connectivity index (χ4n) is 3.36. The Morgan fingerprint density at radius 2 is 1.95 bits per heavy atom. The fourth-order valence-corrected chi connectivity index (χ4v) is 3.36. The summed E-state index contributed by atoms with van der Waals surface area (Å²) in [5.74, 6) is 0.389. The van der Waals surface area contributed by atoms with Gasteiger partial charge in [0.2, 0.25) is 0 Å². The number of aryl methyl sites for hydroxylation is 1. The Hall–Kier alpha value is -1.37. The van der Waals surface area contributed by atoms with E-state index in [1.807, 2.05) is 4.90 Å². The van der Waals surface area contributed by atoms with Gasteiger partial charge in [-0.25, -0.2) is 4.98 Å². The maximum absolute atomic E-state index is 12.8. The van der Waals surface area contributed by atoms with Gasteiger partial charge in [-0.05, 0) is 44.7 Å². The number of rotatable bonds is 1. The average Bonchev–Trinajstić information content (AvgIpc) is 2.82. The van der Waals surface area contributed by atoms with E-state index >= 15 is 0 Å². The molecule has 2 saturated heterocycles. The number of aromatic nitrogens is 2. The Kier molecular flexibility index (Phi) is 3.55. The first-order chi connectivity index (χ1) is 9.90. The molecule has 0 amide bonds. The molecule has 1 aromatic heterocycles. The lowest BCUT2D eigenvalue weighted by atomic mass is 9.78. The molecule has 4 nitrogen and oxygen atoms in total. The summed E-state index contributed by atoms with van der Waals surface area (Å²) >= 11 is 0. The van der Waals surface area contributed by atoms with E-state index in [0.717, 1.165) is 51.6 Å². The van der Waals surface area contributed by atoms with Crippen molar-refractivity contribution in [1.29, 1.82) is 0 Å². The predicted molar refractivity (Wildman–Crippen MR) is 73.1 cm³/mol. The zero-order valence-corrected chi connectivity index (χ0v) is 12.0. The van der Waals surface area contributed by atoms with Gasteiger partial charge in [-0.15, -0.1) is 0 Å². The monoisotopic (exact) mass is 300 g/mol. The minimum absolute atomic E-state index is 0.230. The van der Waals surface area contributed by atoms with Crippen LogP contribution in [0.2, 0.25) is 0 Å². The Bertz CT molecular complexity index is 523. The van der Waals surface area contributed by atoms with E-state index in [-0.39, 0.29) is 5.41 Å². The summed E-state index contributed by atoms with van der Waals surface area (Å²) in [5, 5.41) is 3.34. The van der Waals surface area contributed by atoms with Gasteiger partial charge >= 0.3 is 6.18 Å². The Morgan fingerprint density at radius 3 is 2.62 bits per heavy atom. The Morgan fingerprint density at radius 1 is 1.24 bits per heavy atom. The third-order valence-electron chi connectivity index (χ3n) is 4.62. The van der Waals surface area contributed by atoms with E-state index in [4.69, 9.17) is 0 Å². The van der Waals surface area contributed by atoms with Crippen molar-refractivity contribution in [2.24, 2.45) is 5.41 Å². The molecule has 0 aliphatic carbocycles. The number of anilines is 1. The number of hydrogen-bond donors (Lipinski definition) is 1. The Labute approximate surface area is 121 Å². The molecular weight excluding hydrogens is 281 g/mol. The highest BCUT2D eigenvalue weighted by atomic mass is 19.4. The minimum atomic E-state index is -4.44. The average molecular weight is 300 g/mol. The molecule has 3 rings (SSSR count). The topological polar surface area (TPSA) is 41.1 Å². The van der Waals surface area contributed by atoms with E-state index in [1.54, 1.807) is 6.92 Å². The van der Waals surface area contributed by atoms with E-state index in [2.05, 4.69) is 15.3 Å². The molecule has 2 aliphatic heterocycles. The van der Waals surface area contributed by atoms with Crippen molar-refractivity contribution in [2.45, 2.75) is 32.4 Å². The first-order valence-electron chi connectivity index (χ1n) is 7.26. The summed E-state index contributed by atoms with van der Waals surface area (Å²) in [7, 11) is 0. The van der Waals surface area contributed by atoms with Gasteiger partial charge in [-0.3, -0.25) is 4.98 Å².